The number of amides is 1. The summed E-state index contributed by atoms with van der Waals surface area (Å²) in [4.78, 5) is 29.2. The van der Waals surface area contributed by atoms with Crippen molar-refractivity contribution in [2.45, 2.75) is 25.8 Å². The van der Waals surface area contributed by atoms with E-state index in [1.54, 1.807) is 11.3 Å². The van der Waals surface area contributed by atoms with E-state index in [0.717, 1.165) is 32.4 Å². The van der Waals surface area contributed by atoms with Crippen LogP contribution >= 0.6 is 11.3 Å². The quantitative estimate of drug-likeness (QED) is 0.757. The average molecular weight is 379 g/mol. The number of fused-ring (bicyclic) bond motifs is 1. The van der Waals surface area contributed by atoms with Gasteiger partial charge in [-0.15, -0.1) is 11.3 Å². The van der Waals surface area contributed by atoms with E-state index in [-0.39, 0.29) is 11.8 Å². The van der Waals surface area contributed by atoms with E-state index in [0.29, 0.717) is 18.8 Å². The molecule has 0 spiro atoms. The van der Waals surface area contributed by atoms with Crippen LogP contribution in [0.1, 0.15) is 34.0 Å². The molecular weight excluding hydrogens is 358 g/mol. The highest BCUT2D eigenvalue weighted by atomic mass is 32.1. The molecule has 0 fully saturated rings. The molecule has 138 valence electrons. The monoisotopic (exact) mass is 379 g/mol. The first-order valence-electron chi connectivity index (χ1n) is 8.84. The summed E-state index contributed by atoms with van der Waals surface area (Å²) in [6, 6.07) is 8.06. The Hall–Kier alpha value is -2.80. The van der Waals surface area contributed by atoms with Crippen molar-refractivity contribution in [2.24, 2.45) is 0 Å². The molecule has 6 nitrogen and oxygen atoms in total. The SMILES string of the molecule is Cc1ccccc1-c1ncc([C@@H]2CC(=O)NCc3nc(N(C)C)sc32)cn1. The first kappa shape index (κ1) is 17.6. The highest BCUT2D eigenvalue weighted by molar-refractivity contribution is 7.15. The van der Waals surface area contributed by atoms with Crippen LogP contribution in [0.25, 0.3) is 11.4 Å². The molecule has 27 heavy (non-hydrogen) atoms. The van der Waals surface area contributed by atoms with Crippen LogP contribution < -0.4 is 10.2 Å². The van der Waals surface area contributed by atoms with Crippen molar-refractivity contribution in [3.8, 4) is 11.4 Å². The molecule has 0 bridgehead atoms. The lowest BCUT2D eigenvalue weighted by Crippen LogP contribution is -2.21. The van der Waals surface area contributed by atoms with Crippen LogP contribution in [0, 0.1) is 6.92 Å². The maximum Gasteiger partial charge on any atom is 0.221 e. The van der Waals surface area contributed by atoms with Gasteiger partial charge >= 0.3 is 0 Å². The van der Waals surface area contributed by atoms with Gasteiger partial charge in [-0.2, -0.15) is 0 Å². The van der Waals surface area contributed by atoms with Crippen LogP contribution in [-0.2, 0) is 11.3 Å². The first-order chi connectivity index (χ1) is 13.0. The maximum atomic E-state index is 12.2. The van der Waals surface area contributed by atoms with Crippen molar-refractivity contribution in [3.05, 3.63) is 58.4 Å². The third-order valence-corrected chi connectivity index (χ3v) is 6.10. The van der Waals surface area contributed by atoms with Crippen LogP contribution in [0.3, 0.4) is 0 Å². The highest BCUT2D eigenvalue weighted by Crippen LogP contribution is 2.38. The maximum absolute atomic E-state index is 12.2. The second kappa shape index (κ2) is 7.08. The number of thiazole rings is 1. The molecule has 4 rings (SSSR count). The summed E-state index contributed by atoms with van der Waals surface area (Å²) in [5.41, 5.74) is 4.04. The Balaban J connectivity index is 1.72. The van der Waals surface area contributed by atoms with Gasteiger partial charge in [0.15, 0.2) is 11.0 Å². The van der Waals surface area contributed by atoms with Gasteiger partial charge < -0.3 is 10.2 Å². The molecular formula is C20H21N5OS. The summed E-state index contributed by atoms with van der Waals surface area (Å²) in [5, 5.41) is 3.89. The van der Waals surface area contributed by atoms with E-state index < -0.39 is 0 Å². The van der Waals surface area contributed by atoms with Crippen LogP contribution in [-0.4, -0.2) is 35.0 Å². The van der Waals surface area contributed by atoms with Gasteiger partial charge in [-0.1, -0.05) is 24.3 Å². The van der Waals surface area contributed by atoms with Gasteiger partial charge in [-0.25, -0.2) is 15.0 Å². The van der Waals surface area contributed by atoms with Crippen molar-refractivity contribution in [1.29, 1.82) is 0 Å². The Labute approximate surface area is 162 Å². The van der Waals surface area contributed by atoms with Gasteiger partial charge in [-0.05, 0) is 18.1 Å². The zero-order valence-electron chi connectivity index (χ0n) is 15.6. The lowest BCUT2D eigenvalue weighted by atomic mass is 9.96. The van der Waals surface area contributed by atoms with Gasteiger partial charge in [0, 0.05) is 49.3 Å². The third-order valence-electron chi connectivity index (χ3n) is 4.72. The number of carbonyl (C=O) groups excluding carboxylic acids is 1. The molecule has 1 aliphatic heterocycles. The number of aromatic nitrogens is 3. The summed E-state index contributed by atoms with van der Waals surface area (Å²) < 4.78 is 0. The van der Waals surface area contributed by atoms with Crippen molar-refractivity contribution in [3.63, 3.8) is 0 Å². The standard InChI is InChI=1S/C20H21N5OS/c1-12-6-4-5-7-14(12)19-22-9-13(10-23-19)15-8-17(26)21-11-16-18(15)27-20(24-16)25(2)3/h4-7,9-10,15H,8,11H2,1-3H3,(H,21,26)/t15-/m0/s1. The van der Waals surface area contributed by atoms with E-state index in [1.165, 1.54) is 0 Å². The largest absolute Gasteiger partial charge is 0.354 e. The Morgan fingerprint density at radius 2 is 1.93 bits per heavy atom. The molecule has 1 atom stereocenters. The smallest absolute Gasteiger partial charge is 0.221 e. The number of hydrogen-bond acceptors (Lipinski definition) is 6. The molecule has 0 saturated carbocycles. The molecule has 1 aliphatic rings. The van der Waals surface area contributed by atoms with E-state index in [9.17, 15) is 4.79 Å². The predicted octanol–water partition coefficient (Wildman–Crippen LogP) is 3.13. The number of benzene rings is 1. The molecule has 7 heteroatoms. The number of rotatable bonds is 3. The minimum atomic E-state index is -0.0698. The molecule has 0 saturated heterocycles. The molecule has 1 amide bonds. The molecule has 0 radical (unpaired) electrons. The fraction of sp³-hybridized carbons (Fsp3) is 0.300. The second-order valence-electron chi connectivity index (χ2n) is 6.89. The van der Waals surface area contributed by atoms with Crippen LogP contribution in [0.2, 0.25) is 0 Å². The topological polar surface area (TPSA) is 71.0 Å². The van der Waals surface area contributed by atoms with Crippen molar-refractivity contribution < 1.29 is 4.79 Å². The van der Waals surface area contributed by atoms with Gasteiger partial charge in [0.2, 0.25) is 5.91 Å². The number of aryl methyl sites for hydroxylation is 1. The van der Waals surface area contributed by atoms with E-state index in [2.05, 4.69) is 33.3 Å². The Kier molecular flexibility index (Phi) is 4.61. The van der Waals surface area contributed by atoms with Crippen molar-refractivity contribution in [2.75, 3.05) is 19.0 Å². The molecule has 2 aromatic heterocycles. The van der Waals surface area contributed by atoms with E-state index in [4.69, 9.17) is 0 Å². The zero-order chi connectivity index (χ0) is 19.0. The minimum Gasteiger partial charge on any atom is -0.354 e. The van der Waals surface area contributed by atoms with Gasteiger partial charge in [0.25, 0.3) is 0 Å². The highest BCUT2D eigenvalue weighted by Gasteiger charge is 2.29. The van der Waals surface area contributed by atoms with Gasteiger partial charge in [0.1, 0.15) is 0 Å². The lowest BCUT2D eigenvalue weighted by molar-refractivity contribution is -0.121. The van der Waals surface area contributed by atoms with E-state index in [1.807, 2.05) is 49.6 Å². The molecule has 0 aliphatic carbocycles. The molecule has 1 aromatic carbocycles. The molecule has 3 heterocycles. The number of nitrogens with one attached hydrogen (secondary N) is 1. The first-order valence-corrected chi connectivity index (χ1v) is 9.66. The van der Waals surface area contributed by atoms with E-state index >= 15 is 0 Å². The number of anilines is 1. The summed E-state index contributed by atoms with van der Waals surface area (Å²) in [6.45, 7) is 2.52. The fourth-order valence-corrected chi connectivity index (χ4v) is 4.36. The summed E-state index contributed by atoms with van der Waals surface area (Å²) in [5.74, 6) is 0.660. The van der Waals surface area contributed by atoms with Crippen molar-refractivity contribution in [1.82, 2.24) is 20.3 Å². The predicted molar refractivity (Wildman–Crippen MR) is 107 cm³/mol. The minimum absolute atomic E-state index is 0.0274. The summed E-state index contributed by atoms with van der Waals surface area (Å²) in [7, 11) is 3.96. The number of hydrogen-bond donors (Lipinski definition) is 1. The van der Waals surface area contributed by atoms with Crippen LogP contribution in [0.4, 0.5) is 5.13 Å². The van der Waals surface area contributed by atoms with Crippen LogP contribution in [0.5, 0.6) is 0 Å². The Morgan fingerprint density at radius 1 is 1.19 bits per heavy atom. The Bertz CT molecular complexity index is 980. The van der Waals surface area contributed by atoms with Gasteiger partial charge in [0.05, 0.1) is 12.2 Å². The number of carbonyl (C=O) groups is 1. The van der Waals surface area contributed by atoms with Gasteiger partial charge in [-0.3, -0.25) is 4.79 Å². The Morgan fingerprint density at radius 3 is 2.63 bits per heavy atom. The van der Waals surface area contributed by atoms with Crippen molar-refractivity contribution >= 4 is 22.4 Å². The molecule has 1 N–H and O–H groups in total. The summed E-state index contributed by atoms with van der Waals surface area (Å²) >= 11 is 1.63. The normalized spacial score (nSPS) is 16.4. The number of nitrogens with zero attached hydrogens (tertiary/aromatic N) is 4. The second-order valence-corrected chi connectivity index (χ2v) is 7.90. The van der Waals surface area contributed by atoms with Crippen LogP contribution in [0.15, 0.2) is 36.7 Å². The summed E-state index contributed by atoms with van der Waals surface area (Å²) in [6.07, 6.45) is 4.07. The molecule has 0 unspecified atom stereocenters. The third kappa shape index (κ3) is 3.42. The lowest BCUT2D eigenvalue weighted by Gasteiger charge is -2.14. The fourth-order valence-electron chi connectivity index (χ4n) is 3.22. The zero-order valence-corrected chi connectivity index (χ0v) is 16.4. The average Bonchev–Trinajstić information content (AvgIpc) is 3.03. The molecule has 3 aromatic rings.